The number of nitrogens with one attached hydrogen (secondary N) is 2. The van der Waals surface area contributed by atoms with Gasteiger partial charge in [0.15, 0.2) is 0 Å². The van der Waals surface area contributed by atoms with Crippen molar-refractivity contribution in [2.24, 2.45) is 0 Å². The Kier molecular flexibility index (Phi) is 7.39. The number of benzene rings is 3. The Hall–Kier alpha value is -3.02. The van der Waals surface area contributed by atoms with E-state index in [4.69, 9.17) is 21.1 Å². The van der Waals surface area contributed by atoms with Gasteiger partial charge in [0.2, 0.25) is 10.0 Å². The van der Waals surface area contributed by atoms with E-state index in [9.17, 15) is 22.8 Å². The van der Waals surface area contributed by atoms with Gasteiger partial charge < -0.3 is 9.47 Å². The van der Waals surface area contributed by atoms with Crippen molar-refractivity contribution >= 4 is 27.5 Å². The third kappa shape index (κ3) is 5.63. The number of sulfonamides is 1. The maximum Gasteiger partial charge on any atom is 0.267 e. The Labute approximate surface area is 206 Å². The number of carbonyl (C=O) groups excluding carboxylic acids is 1. The first-order chi connectivity index (χ1) is 16.7. The number of hydroxylamine groups is 1. The normalized spacial score (nSPS) is 19.9. The zero-order valence-electron chi connectivity index (χ0n) is 18.3. The summed E-state index contributed by atoms with van der Waals surface area (Å²) >= 11 is 5.99. The Balaban J connectivity index is 1.48. The van der Waals surface area contributed by atoms with Crippen molar-refractivity contribution in [1.82, 2.24) is 10.2 Å². The molecular formula is C24H22ClFN2O6S. The predicted octanol–water partition coefficient (Wildman–Crippen LogP) is 3.74. The van der Waals surface area contributed by atoms with Gasteiger partial charge in [0.1, 0.15) is 23.7 Å². The van der Waals surface area contributed by atoms with E-state index in [2.05, 4.69) is 4.72 Å². The molecule has 4 rings (SSSR count). The van der Waals surface area contributed by atoms with Gasteiger partial charge in [0.05, 0.1) is 22.6 Å². The molecule has 1 amide bonds. The predicted molar refractivity (Wildman–Crippen MR) is 125 cm³/mol. The van der Waals surface area contributed by atoms with Crippen LogP contribution in [0.2, 0.25) is 5.02 Å². The summed E-state index contributed by atoms with van der Waals surface area (Å²) in [4.78, 5) is 12.4. The molecule has 3 N–H and O–H groups in total. The highest BCUT2D eigenvalue weighted by molar-refractivity contribution is 7.89. The molecule has 11 heteroatoms. The molecule has 0 spiro atoms. The average Bonchev–Trinajstić information content (AvgIpc) is 3.28. The number of hydrogen-bond acceptors (Lipinski definition) is 6. The molecule has 1 aliphatic heterocycles. The first-order valence-electron chi connectivity index (χ1n) is 10.5. The highest BCUT2D eigenvalue weighted by Crippen LogP contribution is 2.36. The van der Waals surface area contributed by atoms with Gasteiger partial charge in [-0.2, -0.15) is 4.72 Å². The number of carbonyl (C=O) groups is 1. The zero-order valence-corrected chi connectivity index (χ0v) is 19.9. The molecule has 1 aliphatic rings. The van der Waals surface area contributed by atoms with Crippen LogP contribution in [-0.2, 0) is 26.2 Å². The van der Waals surface area contributed by atoms with Crippen molar-refractivity contribution in [3.05, 3.63) is 94.8 Å². The number of halogens is 2. The second-order valence-electron chi connectivity index (χ2n) is 8.04. The molecule has 2 atom stereocenters. The molecule has 1 fully saturated rings. The molecule has 3 aromatic rings. The maximum atomic E-state index is 13.2. The van der Waals surface area contributed by atoms with E-state index in [0.29, 0.717) is 11.3 Å². The van der Waals surface area contributed by atoms with E-state index in [0.717, 1.165) is 5.56 Å². The van der Waals surface area contributed by atoms with Gasteiger partial charge in [0, 0.05) is 12.0 Å². The van der Waals surface area contributed by atoms with E-state index < -0.39 is 33.4 Å². The first-order valence-corrected chi connectivity index (χ1v) is 12.4. The summed E-state index contributed by atoms with van der Waals surface area (Å²) in [7, 11) is -4.18. The molecular weight excluding hydrogens is 499 g/mol. The molecule has 0 aromatic heterocycles. The summed E-state index contributed by atoms with van der Waals surface area (Å²) in [5.74, 6) is -1.02. The van der Waals surface area contributed by atoms with E-state index in [1.54, 1.807) is 5.48 Å². The number of amides is 1. The highest BCUT2D eigenvalue weighted by atomic mass is 35.5. The quantitative estimate of drug-likeness (QED) is 0.308. The molecule has 1 saturated heterocycles. The maximum absolute atomic E-state index is 13.2. The second-order valence-corrected chi connectivity index (χ2v) is 10.1. The lowest BCUT2D eigenvalue weighted by Gasteiger charge is -2.26. The lowest BCUT2D eigenvalue weighted by Crippen LogP contribution is -2.58. The summed E-state index contributed by atoms with van der Waals surface area (Å²) in [6, 6.07) is 18.5. The standard InChI is InChI=1S/C24H22ClFN2O6S/c25-21-12-18(26)7-6-17(21)14-33-19-8-10-20(11-9-19)35(31,32)28-24(23(29)27-30)13-22(34-15-24)16-4-2-1-3-5-16/h1-12,22,28,30H,13-15H2,(H,27,29). The molecule has 8 nitrogen and oxygen atoms in total. The molecule has 0 saturated carbocycles. The second kappa shape index (κ2) is 10.3. The largest absolute Gasteiger partial charge is 0.489 e. The fraction of sp³-hybridized carbons (Fsp3) is 0.208. The van der Waals surface area contributed by atoms with Crippen LogP contribution in [0.25, 0.3) is 0 Å². The lowest BCUT2D eigenvalue weighted by atomic mass is 9.93. The van der Waals surface area contributed by atoms with E-state index in [1.165, 1.54) is 42.5 Å². The van der Waals surface area contributed by atoms with Gasteiger partial charge in [0.25, 0.3) is 5.91 Å². The summed E-state index contributed by atoms with van der Waals surface area (Å²) in [5.41, 5.74) is 1.18. The van der Waals surface area contributed by atoms with Crippen molar-refractivity contribution in [3.63, 3.8) is 0 Å². The van der Waals surface area contributed by atoms with Crippen molar-refractivity contribution in [2.75, 3.05) is 6.61 Å². The number of hydrogen-bond donors (Lipinski definition) is 3. The Morgan fingerprint density at radius 3 is 2.51 bits per heavy atom. The van der Waals surface area contributed by atoms with Crippen LogP contribution >= 0.6 is 11.6 Å². The highest BCUT2D eigenvalue weighted by Gasteiger charge is 2.49. The Bertz CT molecular complexity index is 1310. The summed E-state index contributed by atoms with van der Waals surface area (Å²) in [5, 5.41) is 9.49. The molecule has 35 heavy (non-hydrogen) atoms. The topological polar surface area (TPSA) is 114 Å². The monoisotopic (exact) mass is 520 g/mol. The molecule has 184 valence electrons. The Morgan fingerprint density at radius 2 is 1.86 bits per heavy atom. The summed E-state index contributed by atoms with van der Waals surface area (Å²) in [6.07, 6.45) is -0.548. The van der Waals surface area contributed by atoms with E-state index in [-0.39, 0.29) is 29.6 Å². The Morgan fingerprint density at radius 1 is 1.14 bits per heavy atom. The summed E-state index contributed by atoms with van der Waals surface area (Å²) < 4.78 is 53.1. The molecule has 0 bridgehead atoms. The van der Waals surface area contributed by atoms with Gasteiger partial charge in [-0.3, -0.25) is 10.0 Å². The van der Waals surface area contributed by atoms with E-state index in [1.807, 2.05) is 30.3 Å². The minimum atomic E-state index is -4.18. The van der Waals surface area contributed by atoms with Crippen LogP contribution in [0.3, 0.4) is 0 Å². The third-order valence-corrected chi connectivity index (χ3v) is 7.55. The molecule has 2 unspecified atom stereocenters. The molecule has 1 heterocycles. The van der Waals surface area contributed by atoms with Crippen LogP contribution in [-0.4, -0.2) is 31.7 Å². The molecule has 0 aliphatic carbocycles. The van der Waals surface area contributed by atoms with Crippen LogP contribution in [0.1, 0.15) is 23.7 Å². The van der Waals surface area contributed by atoms with Crippen LogP contribution in [0.4, 0.5) is 4.39 Å². The third-order valence-electron chi connectivity index (χ3n) is 5.65. The smallest absolute Gasteiger partial charge is 0.267 e. The first kappa shape index (κ1) is 25.1. The lowest BCUT2D eigenvalue weighted by molar-refractivity contribution is -0.135. The fourth-order valence-corrected chi connectivity index (χ4v) is 5.36. The van der Waals surface area contributed by atoms with Crippen molar-refractivity contribution in [1.29, 1.82) is 0 Å². The van der Waals surface area contributed by atoms with Crippen LogP contribution < -0.4 is 14.9 Å². The van der Waals surface area contributed by atoms with Crippen molar-refractivity contribution in [2.45, 2.75) is 29.6 Å². The average molecular weight is 521 g/mol. The van der Waals surface area contributed by atoms with Gasteiger partial charge in [-0.25, -0.2) is 18.3 Å². The minimum absolute atomic E-state index is 0.0116. The van der Waals surface area contributed by atoms with Gasteiger partial charge in [-0.1, -0.05) is 48.0 Å². The molecule has 3 aromatic carbocycles. The molecule has 0 radical (unpaired) electrons. The van der Waals surface area contributed by atoms with E-state index >= 15 is 0 Å². The van der Waals surface area contributed by atoms with Gasteiger partial charge in [-0.15, -0.1) is 0 Å². The number of ether oxygens (including phenoxy) is 2. The zero-order chi connectivity index (χ0) is 25.1. The van der Waals surface area contributed by atoms with Crippen molar-refractivity contribution < 1.29 is 32.3 Å². The van der Waals surface area contributed by atoms with Crippen LogP contribution in [0.15, 0.2) is 77.7 Å². The SMILES string of the molecule is O=C(NO)C1(NS(=O)(=O)c2ccc(OCc3ccc(F)cc3Cl)cc2)COC(c2ccccc2)C1. The van der Waals surface area contributed by atoms with Crippen molar-refractivity contribution in [3.8, 4) is 5.75 Å². The van der Waals surface area contributed by atoms with Gasteiger partial charge >= 0.3 is 0 Å². The van der Waals surface area contributed by atoms with Crippen LogP contribution in [0.5, 0.6) is 5.75 Å². The minimum Gasteiger partial charge on any atom is -0.489 e. The number of rotatable bonds is 8. The fourth-order valence-electron chi connectivity index (χ4n) is 3.77. The van der Waals surface area contributed by atoms with Crippen LogP contribution in [0, 0.1) is 5.82 Å². The summed E-state index contributed by atoms with van der Waals surface area (Å²) in [6.45, 7) is -0.209. The van der Waals surface area contributed by atoms with Gasteiger partial charge in [-0.05, 0) is 42.0 Å².